The summed E-state index contributed by atoms with van der Waals surface area (Å²) in [6.07, 6.45) is 2.71. The van der Waals surface area contributed by atoms with E-state index in [0.29, 0.717) is 35.4 Å². The first-order chi connectivity index (χ1) is 17.2. The Hall–Kier alpha value is -3.78. The van der Waals surface area contributed by atoms with E-state index < -0.39 is 17.3 Å². The van der Waals surface area contributed by atoms with Gasteiger partial charge in [-0.15, -0.1) is 0 Å². The second-order valence-electron chi connectivity index (χ2n) is 9.45. The number of benzene rings is 2. The Morgan fingerprint density at radius 3 is 2.64 bits per heavy atom. The summed E-state index contributed by atoms with van der Waals surface area (Å²) in [6, 6.07) is 13.2. The number of anilines is 1. The molecule has 0 aliphatic rings. The van der Waals surface area contributed by atoms with Crippen LogP contribution in [0.4, 0.5) is 10.2 Å². The SMILES string of the molecule is CCCOC(C)CNc1ccc(C(C)(C)NC(=O)c2cc3[nH]c4ccccc4c(=O)c3cc2F)cn1. The third-order valence-corrected chi connectivity index (χ3v) is 6.13. The van der Waals surface area contributed by atoms with Crippen LogP contribution in [0.15, 0.2) is 59.5 Å². The average molecular weight is 491 g/mol. The standard InChI is InChI=1S/C28H31FN4O3/c1-5-12-36-17(2)15-30-25-11-10-18(16-31-25)28(3,4)33-27(35)20-14-24-21(13-22(20)29)26(34)19-8-6-7-9-23(19)32-24/h6-11,13-14,16-17H,5,12,15H2,1-4H3,(H,30,31)(H,32,34)(H,33,35). The Bertz CT molecular complexity index is 1450. The van der Waals surface area contributed by atoms with Crippen molar-refractivity contribution in [3.05, 3.63) is 81.9 Å². The maximum absolute atomic E-state index is 15.0. The van der Waals surface area contributed by atoms with Crippen LogP contribution in [0.5, 0.6) is 0 Å². The predicted octanol–water partition coefficient (Wildman–Crippen LogP) is 5.11. The molecule has 0 saturated carbocycles. The second kappa shape index (κ2) is 10.5. The number of hydrogen-bond acceptors (Lipinski definition) is 5. The number of hydrogen-bond donors (Lipinski definition) is 3. The fourth-order valence-electron chi connectivity index (χ4n) is 4.04. The Morgan fingerprint density at radius 2 is 1.92 bits per heavy atom. The summed E-state index contributed by atoms with van der Waals surface area (Å²) in [4.78, 5) is 33.4. The highest BCUT2D eigenvalue weighted by Gasteiger charge is 2.26. The molecule has 4 aromatic rings. The first-order valence-corrected chi connectivity index (χ1v) is 12.1. The number of aromatic amines is 1. The monoisotopic (exact) mass is 490 g/mol. The molecule has 0 spiro atoms. The smallest absolute Gasteiger partial charge is 0.255 e. The molecule has 1 unspecified atom stereocenters. The molecular formula is C28H31FN4O3. The molecule has 8 heteroatoms. The fourth-order valence-corrected chi connectivity index (χ4v) is 4.04. The molecule has 188 valence electrons. The van der Waals surface area contributed by atoms with E-state index in [9.17, 15) is 14.0 Å². The molecule has 36 heavy (non-hydrogen) atoms. The lowest BCUT2D eigenvalue weighted by molar-refractivity contribution is 0.0752. The number of nitrogens with one attached hydrogen (secondary N) is 3. The van der Waals surface area contributed by atoms with Gasteiger partial charge in [0.05, 0.1) is 22.7 Å². The summed E-state index contributed by atoms with van der Waals surface area (Å²) in [7, 11) is 0. The van der Waals surface area contributed by atoms with E-state index in [1.807, 2.05) is 32.9 Å². The van der Waals surface area contributed by atoms with Gasteiger partial charge in [0.15, 0.2) is 5.43 Å². The number of carbonyl (C=O) groups is 1. The van der Waals surface area contributed by atoms with Crippen LogP contribution in [0, 0.1) is 5.82 Å². The van der Waals surface area contributed by atoms with Crippen LogP contribution in [-0.4, -0.2) is 35.1 Å². The van der Waals surface area contributed by atoms with Crippen molar-refractivity contribution >= 4 is 33.5 Å². The molecule has 0 aliphatic heterocycles. The minimum Gasteiger partial charge on any atom is -0.377 e. The molecule has 1 amide bonds. The zero-order valence-corrected chi connectivity index (χ0v) is 20.9. The number of rotatable bonds is 9. The number of pyridine rings is 2. The molecule has 7 nitrogen and oxygen atoms in total. The van der Waals surface area contributed by atoms with E-state index in [1.165, 1.54) is 6.07 Å². The van der Waals surface area contributed by atoms with Gasteiger partial charge in [0.2, 0.25) is 0 Å². The third-order valence-electron chi connectivity index (χ3n) is 6.13. The first kappa shape index (κ1) is 25.3. The Kier molecular flexibility index (Phi) is 7.35. The van der Waals surface area contributed by atoms with E-state index in [4.69, 9.17) is 4.74 Å². The van der Waals surface area contributed by atoms with Crippen molar-refractivity contribution in [2.45, 2.75) is 45.8 Å². The maximum atomic E-state index is 15.0. The lowest BCUT2D eigenvalue weighted by Gasteiger charge is -2.27. The molecule has 2 heterocycles. The molecule has 0 radical (unpaired) electrons. The van der Waals surface area contributed by atoms with Gasteiger partial charge in [-0.3, -0.25) is 9.59 Å². The number of ether oxygens (including phenoxy) is 1. The van der Waals surface area contributed by atoms with Gasteiger partial charge in [-0.25, -0.2) is 9.37 Å². The van der Waals surface area contributed by atoms with Gasteiger partial charge in [-0.05, 0) is 63.1 Å². The Morgan fingerprint density at radius 1 is 1.14 bits per heavy atom. The largest absolute Gasteiger partial charge is 0.377 e. The summed E-state index contributed by atoms with van der Waals surface area (Å²) in [5, 5.41) is 6.79. The highest BCUT2D eigenvalue weighted by Crippen LogP contribution is 2.23. The Balaban J connectivity index is 1.51. The highest BCUT2D eigenvalue weighted by atomic mass is 19.1. The number of para-hydroxylation sites is 1. The lowest BCUT2D eigenvalue weighted by atomic mass is 9.95. The van der Waals surface area contributed by atoms with Crippen molar-refractivity contribution in [2.24, 2.45) is 0 Å². The number of H-pyrrole nitrogens is 1. The van der Waals surface area contributed by atoms with Gasteiger partial charge in [-0.1, -0.05) is 25.1 Å². The zero-order valence-electron chi connectivity index (χ0n) is 20.9. The summed E-state index contributed by atoms with van der Waals surface area (Å²) in [6.45, 7) is 9.06. The molecule has 0 bridgehead atoms. The third kappa shape index (κ3) is 5.39. The summed E-state index contributed by atoms with van der Waals surface area (Å²) >= 11 is 0. The van der Waals surface area contributed by atoms with Gasteiger partial charge >= 0.3 is 0 Å². The van der Waals surface area contributed by atoms with Crippen molar-refractivity contribution < 1.29 is 13.9 Å². The van der Waals surface area contributed by atoms with Gasteiger partial charge in [0.25, 0.3) is 5.91 Å². The lowest BCUT2D eigenvalue weighted by Crippen LogP contribution is -2.41. The van der Waals surface area contributed by atoms with Crippen molar-refractivity contribution in [1.29, 1.82) is 0 Å². The Labute approximate surface area is 209 Å². The predicted molar refractivity (Wildman–Crippen MR) is 141 cm³/mol. The van der Waals surface area contributed by atoms with Gasteiger partial charge in [-0.2, -0.15) is 0 Å². The average Bonchev–Trinajstić information content (AvgIpc) is 2.86. The molecular weight excluding hydrogens is 459 g/mol. The first-order valence-electron chi connectivity index (χ1n) is 12.1. The van der Waals surface area contributed by atoms with Crippen molar-refractivity contribution in [3.63, 3.8) is 0 Å². The highest BCUT2D eigenvalue weighted by molar-refractivity contribution is 6.00. The summed E-state index contributed by atoms with van der Waals surface area (Å²) in [5.74, 6) is -0.643. The van der Waals surface area contributed by atoms with Gasteiger partial charge in [0.1, 0.15) is 11.6 Å². The maximum Gasteiger partial charge on any atom is 0.255 e. The van der Waals surface area contributed by atoms with Crippen LogP contribution < -0.4 is 16.1 Å². The molecule has 0 saturated heterocycles. The van der Waals surface area contributed by atoms with Crippen molar-refractivity contribution in [1.82, 2.24) is 15.3 Å². The van der Waals surface area contributed by atoms with E-state index >= 15 is 0 Å². The topological polar surface area (TPSA) is 96.1 Å². The quantitative estimate of drug-likeness (QED) is 0.284. The van der Waals surface area contributed by atoms with Crippen molar-refractivity contribution in [2.75, 3.05) is 18.5 Å². The molecule has 2 aromatic carbocycles. The summed E-state index contributed by atoms with van der Waals surface area (Å²) < 4.78 is 20.6. The molecule has 3 N–H and O–H groups in total. The number of carbonyl (C=O) groups excluding carboxylic acids is 1. The van der Waals surface area contributed by atoms with Crippen LogP contribution >= 0.6 is 0 Å². The number of amides is 1. The van der Waals surface area contributed by atoms with Crippen LogP contribution in [0.1, 0.15) is 50.0 Å². The molecule has 1 atom stereocenters. The zero-order chi connectivity index (χ0) is 25.9. The molecule has 0 aliphatic carbocycles. The van der Waals surface area contributed by atoms with Gasteiger partial charge < -0.3 is 20.4 Å². The van der Waals surface area contributed by atoms with E-state index in [0.717, 1.165) is 18.1 Å². The van der Waals surface area contributed by atoms with Crippen LogP contribution in [0.3, 0.4) is 0 Å². The minimum absolute atomic E-state index is 0.0620. The minimum atomic E-state index is -0.821. The number of nitrogens with zero attached hydrogens (tertiary/aromatic N) is 1. The van der Waals surface area contributed by atoms with E-state index in [1.54, 1.807) is 30.5 Å². The number of fused-ring (bicyclic) bond motifs is 2. The second-order valence-corrected chi connectivity index (χ2v) is 9.45. The van der Waals surface area contributed by atoms with Crippen LogP contribution in [-0.2, 0) is 10.3 Å². The fraction of sp³-hybridized carbons (Fsp3) is 0.321. The number of aromatic nitrogens is 2. The normalized spacial score (nSPS) is 12.6. The van der Waals surface area contributed by atoms with E-state index in [-0.39, 0.29) is 22.5 Å². The van der Waals surface area contributed by atoms with Gasteiger partial charge in [0, 0.05) is 35.6 Å². The number of halogens is 1. The molecule has 4 rings (SSSR count). The van der Waals surface area contributed by atoms with Crippen LogP contribution in [0.25, 0.3) is 21.8 Å². The summed E-state index contributed by atoms with van der Waals surface area (Å²) in [5.41, 5.74) is 0.539. The molecule has 2 aromatic heterocycles. The van der Waals surface area contributed by atoms with Crippen molar-refractivity contribution in [3.8, 4) is 0 Å². The van der Waals surface area contributed by atoms with Crippen LogP contribution in [0.2, 0.25) is 0 Å². The van der Waals surface area contributed by atoms with E-state index in [2.05, 4.69) is 27.5 Å². The molecule has 0 fully saturated rings.